The number of carbonyl (C=O) groups is 1. The second kappa shape index (κ2) is 8.24. The molecule has 3 rings (SSSR count). The molecule has 1 N–H and O–H groups in total. The lowest BCUT2D eigenvalue weighted by molar-refractivity contribution is -0.115. The van der Waals surface area contributed by atoms with Crippen LogP contribution in [0.3, 0.4) is 0 Å². The highest BCUT2D eigenvalue weighted by atomic mass is 32.2. The summed E-state index contributed by atoms with van der Waals surface area (Å²) in [6.07, 6.45) is 1.81. The molecule has 5 nitrogen and oxygen atoms in total. The third-order valence-electron chi connectivity index (χ3n) is 4.25. The predicted molar refractivity (Wildman–Crippen MR) is 105 cm³/mol. The average Bonchev–Trinajstić information content (AvgIpc) is 3.18. The summed E-state index contributed by atoms with van der Waals surface area (Å²) in [5.74, 6) is -0.117. The Labute approximate surface area is 158 Å². The Morgan fingerprint density at radius 3 is 2.27 bits per heavy atom. The Balaban J connectivity index is 1.62. The summed E-state index contributed by atoms with van der Waals surface area (Å²) in [6.45, 7) is 3.00. The van der Waals surface area contributed by atoms with Crippen LogP contribution in [-0.2, 0) is 14.8 Å². The SMILES string of the molecule is CC(Sc1ccccc1)C(=O)Nc1ccc(S(=O)(=O)N2CCCC2)cc1. The molecule has 1 atom stereocenters. The van der Waals surface area contributed by atoms with E-state index in [0.29, 0.717) is 18.8 Å². The smallest absolute Gasteiger partial charge is 0.243 e. The van der Waals surface area contributed by atoms with Crippen LogP contribution in [0, 0.1) is 0 Å². The van der Waals surface area contributed by atoms with E-state index in [-0.39, 0.29) is 16.1 Å². The van der Waals surface area contributed by atoms with Crippen molar-refractivity contribution in [1.29, 1.82) is 0 Å². The van der Waals surface area contributed by atoms with Crippen molar-refractivity contribution in [3.8, 4) is 0 Å². The number of rotatable bonds is 6. The molecule has 7 heteroatoms. The van der Waals surface area contributed by atoms with Crippen molar-refractivity contribution in [1.82, 2.24) is 4.31 Å². The number of hydrogen-bond donors (Lipinski definition) is 1. The van der Waals surface area contributed by atoms with E-state index in [9.17, 15) is 13.2 Å². The van der Waals surface area contributed by atoms with Crippen molar-refractivity contribution in [3.63, 3.8) is 0 Å². The number of sulfonamides is 1. The van der Waals surface area contributed by atoms with Crippen LogP contribution in [0.4, 0.5) is 5.69 Å². The summed E-state index contributed by atoms with van der Waals surface area (Å²) in [7, 11) is -3.42. The number of anilines is 1. The maximum Gasteiger partial charge on any atom is 0.243 e. The average molecular weight is 391 g/mol. The molecule has 2 aromatic carbocycles. The van der Waals surface area contributed by atoms with E-state index < -0.39 is 10.0 Å². The third-order valence-corrected chi connectivity index (χ3v) is 7.27. The summed E-state index contributed by atoms with van der Waals surface area (Å²) in [5.41, 5.74) is 0.593. The molecule has 1 aliphatic rings. The Hall–Kier alpha value is -1.83. The Kier molecular flexibility index (Phi) is 6.01. The molecule has 0 radical (unpaired) electrons. The zero-order chi connectivity index (χ0) is 18.6. The Morgan fingerprint density at radius 1 is 1.04 bits per heavy atom. The molecule has 1 amide bonds. The molecule has 1 fully saturated rings. The van der Waals surface area contributed by atoms with Crippen LogP contribution in [0.5, 0.6) is 0 Å². The molecule has 2 aromatic rings. The molecule has 0 spiro atoms. The molecular weight excluding hydrogens is 368 g/mol. The lowest BCUT2D eigenvalue weighted by Crippen LogP contribution is -2.27. The Bertz CT molecular complexity index is 846. The fourth-order valence-electron chi connectivity index (χ4n) is 2.79. The fourth-order valence-corrected chi connectivity index (χ4v) is 5.19. The molecule has 1 unspecified atom stereocenters. The quantitative estimate of drug-likeness (QED) is 0.766. The van der Waals surface area contributed by atoms with Gasteiger partial charge in [-0.3, -0.25) is 4.79 Å². The molecular formula is C19H22N2O3S2. The van der Waals surface area contributed by atoms with E-state index in [4.69, 9.17) is 0 Å². The van der Waals surface area contributed by atoms with Gasteiger partial charge in [0.15, 0.2) is 0 Å². The van der Waals surface area contributed by atoms with Crippen molar-refractivity contribution in [2.45, 2.75) is 34.8 Å². The van der Waals surface area contributed by atoms with Crippen LogP contribution in [-0.4, -0.2) is 37.0 Å². The zero-order valence-electron chi connectivity index (χ0n) is 14.6. The van der Waals surface area contributed by atoms with E-state index in [1.54, 1.807) is 24.3 Å². The zero-order valence-corrected chi connectivity index (χ0v) is 16.2. The minimum absolute atomic E-state index is 0.117. The van der Waals surface area contributed by atoms with Crippen LogP contribution in [0.25, 0.3) is 0 Å². The standard InChI is InChI=1S/C19H22N2O3S2/c1-15(25-17-7-3-2-4-8-17)19(22)20-16-9-11-18(12-10-16)26(23,24)21-13-5-6-14-21/h2-4,7-12,15H,5-6,13-14H2,1H3,(H,20,22). The number of benzene rings is 2. The summed E-state index contributed by atoms with van der Waals surface area (Å²) >= 11 is 1.48. The first-order chi connectivity index (χ1) is 12.5. The summed E-state index contributed by atoms with van der Waals surface area (Å²) in [6, 6.07) is 16.1. The van der Waals surface area contributed by atoms with Crippen molar-refractivity contribution < 1.29 is 13.2 Å². The minimum Gasteiger partial charge on any atom is -0.325 e. The van der Waals surface area contributed by atoms with Crippen LogP contribution in [0.2, 0.25) is 0 Å². The first kappa shape index (κ1) is 18.9. The van der Waals surface area contributed by atoms with Crippen LogP contribution >= 0.6 is 11.8 Å². The minimum atomic E-state index is -3.42. The summed E-state index contributed by atoms with van der Waals surface area (Å²) < 4.78 is 26.5. The molecule has 26 heavy (non-hydrogen) atoms. The number of carbonyl (C=O) groups excluding carboxylic acids is 1. The van der Waals surface area contributed by atoms with Gasteiger partial charge in [-0.05, 0) is 56.2 Å². The maximum absolute atomic E-state index is 12.5. The van der Waals surface area contributed by atoms with Gasteiger partial charge in [-0.15, -0.1) is 11.8 Å². The van der Waals surface area contributed by atoms with Gasteiger partial charge in [-0.25, -0.2) is 8.42 Å². The van der Waals surface area contributed by atoms with E-state index in [0.717, 1.165) is 17.7 Å². The summed E-state index contributed by atoms with van der Waals surface area (Å²) in [5, 5.41) is 2.58. The van der Waals surface area contributed by atoms with Crippen LogP contribution in [0.1, 0.15) is 19.8 Å². The van der Waals surface area contributed by atoms with Gasteiger partial charge in [0, 0.05) is 23.7 Å². The van der Waals surface area contributed by atoms with Crippen molar-refractivity contribution in [2.75, 3.05) is 18.4 Å². The Morgan fingerprint density at radius 2 is 1.65 bits per heavy atom. The predicted octanol–water partition coefficient (Wildman–Crippen LogP) is 3.59. The number of amides is 1. The fraction of sp³-hybridized carbons (Fsp3) is 0.316. The van der Waals surface area contributed by atoms with Crippen molar-refractivity contribution in [3.05, 3.63) is 54.6 Å². The number of thioether (sulfide) groups is 1. The monoisotopic (exact) mass is 390 g/mol. The highest BCUT2D eigenvalue weighted by Gasteiger charge is 2.27. The van der Waals surface area contributed by atoms with E-state index in [2.05, 4.69) is 5.32 Å². The molecule has 0 aromatic heterocycles. The number of hydrogen-bond acceptors (Lipinski definition) is 4. The van der Waals surface area contributed by atoms with Crippen LogP contribution < -0.4 is 5.32 Å². The number of nitrogens with one attached hydrogen (secondary N) is 1. The van der Waals surface area contributed by atoms with Gasteiger partial charge < -0.3 is 5.32 Å². The second-order valence-electron chi connectivity index (χ2n) is 6.20. The second-order valence-corrected chi connectivity index (χ2v) is 9.55. The van der Waals surface area contributed by atoms with Gasteiger partial charge in [0.25, 0.3) is 0 Å². The highest BCUT2D eigenvalue weighted by molar-refractivity contribution is 8.00. The van der Waals surface area contributed by atoms with Gasteiger partial charge in [-0.2, -0.15) is 4.31 Å². The van der Waals surface area contributed by atoms with Gasteiger partial charge >= 0.3 is 0 Å². The maximum atomic E-state index is 12.5. The molecule has 0 saturated carbocycles. The molecule has 1 aliphatic heterocycles. The molecule has 1 heterocycles. The van der Waals surface area contributed by atoms with Gasteiger partial charge in [0.1, 0.15) is 0 Å². The largest absolute Gasteiger partial charge is 0.325 e. The lowest BCUT2D eigenvalue weighted by Gasteiger charge is -2.16. The van der Waals surface area contributed by atoms with Crippen molar-refractivity contribution in [2.24, 2.45) is 0 Å². The first-order valence-electron chi connectivity index (χ1n) is 8.59. The first-order valence-corrected chi connectivity index (χ1v) is 10.9. The van der Waals surface area contributed by atoms with Crippen molar-refractivity contribution >= 4 is 33.4 Å². The van der Waals surface area contributed by atoms with Gasteiger partial charge in [0.05, 0.1) is 10.1 Å². The summed E-state index contributed by atoms with van der Waals surface area (Å²) in [4.78, 5) is 13.6. The van der Waals surface area contributed by atoms with Gasteiger partial charge in [0.2, 0.25) is 15.9 Å². The molecule has 1 saturated heterocycles. The lowest BCUT2D eigenvalue weighted by atomic mass is 10.3. The third kappa shape index (κ3) is 4.47. The number of nitrogens with zero attached hydrogens (tertiary/aromatic N) is 1. The van der Waals surface area contributed by atoms with E-state index in [1.807, 2.05) is 37.3 Å². The van der Waals surface area contributed by atoms with Crippen LogP contribution in [0.15, 0.2) is 64.4 Å². The molecule has 138 valence electrons. The normalized spacial score (nSPS) is 16.3. The molecule has 0 bridgehead atoms. The van der Waals surface area contributed by atoms with E-state index in [1.165, 1.54) is 16.1 Å². The van der Waals surface area contributed by atoms with E-state index >= 15 is 0 Å². The topological polar surface area (TPSA) is 66.5 Å². The highest BCUT2D eigenvalue weighted by Crippen LogP contribution is 2.25. The van der Waals surface area contributed by atoms with Gasteiger partial charge in [-0.1, -0.05) is 18.2 Å². The molecule has 0 aliphatic carbocycles.